The molecule has 34 heavy (non-hydrogen) atoms. The lowest BCUT2D eigenvalue weighted by molar-refractivity contribution is 0.0498. The fourth-order valence-electron chi connectivity index (χ4n) is 3.79. The Labute approximate surface area is 203 Å². The topological polar surface area (TPSA) is 82.8 Å². The largest absolute Gasteiger partial charge is 0.490 e. The first-order valence-corrected chi connectivity index (χ1v) is 13.7. The number of fused-ring (bicyclic) bond motifs is 2. The van der Waals surface area contributed by atoms with Crippen LogP contribution in [0.25, 0.3) is 21.9 Å². The van der Waals surface area contributed by atoms with E-state index in [2.05, 4.69) is 13.8 Å². The molecule has 0 saturated carbocycles. The van der Waals surface area contributed by atoms with Crippen molar-refractivity contribution in [3.8, 4) is 5.75 Å². The minimum Gasteiger partial charge on any atom is -0.490 e. The molecular weight excluding hydrogens is 452 g/mol. The number of ether oxygens (including phenoxy) is 2. The lowest BCUT2D eigenvalue weighted by atomic mass is 10.1. The Balaban J connectivity index is 1.94. The average Bonchev–Trinajstić information content (AvgIpc) is 2.83. The zero-order chi connectivity index (χ0) is 24.5. The van der Waals surface area contributed by atoms with Crippen LogP contribution in [0.2, 0.25) is 0 Å². The Hall–Kier alpha value is -2.67. The van der Waals surface area contributed by atoms with Crippen molar-refractivity contribution < 1.29 is 22.9 Å². The Morgan fingerprint density at radius 1 is 0.912 bits per heavy atom. The van der Waals surface area contributed by atoms with Crippen molar-refractivity contribution in [3.63, 3.8) is 0 Å². The van der Waals surface area contributed by atoms with Crippen LogP contribution in [0.1, 0.15) is 75.6 Å². The second-order valence-corrected chi connectivity index (χ2v) is 9.88. The van der Waals surface area contributed by atoms with E-state index in [1.54, 1.807) is 30.5 Å². The van der Waals surface area contributed by atoms with Crippen LogP contribution < -0.4 is 10.2 Å². The average molecular weight is 487 g/mol. The zero-order valence-corrected chi connectivity index (χ0v) is 21.1. The summed E-state index contributed by atoms with van der Waals surface area (Å²) in [5, 5.41) is 0.565. The standard InChI is InChI=1S/C27H34O6S/c1-4-6-8-9-11-14-31-24-18-20(34(3)30)17-22-25(28)21-16-19(12-13-23(21)33-26(22)24)27(29)32-15-10-7-5-2/h12-13,16-18H,4-11,14-15H2,1-3H3. The van der Waals surface area contributed by atoms with E-state index in [1.807, 2.05) is 0 Å². The molecule has 0 saturated heterocycles. The van der Waals surface area contributed by atoms with Crippen molar-refractivity contribution in [1.82, 2.24) is 0 Å². The first-order valence-electron chi connectivity index (χ1n) is 12.1. The number of esters is 1. The van der Waals surface area contributed by atoms with Gasteiger partial charge in [0.2, 0.25) is 5.43 Å². The number of carbonyl (C=O) groups is 1. The molecule has 1 aromatic heterocycles. The van der Waals surface area contributed by atoms with Gasteiger partial charge in [-0.25, -0.2) is 4.79 Å². The van der Waals surface area contributed by atoms with Crippen LogP contribution in [-0.2, 0) is 15.5 Å². The molecule has 6 nitrogen and oxygen atoms in total. The maximum absolute atomic E-state index is 13.4. The summed E-state index contributed by atoms with van der Waals surface area (Å²) < 4.78 is 29.6. The van der Waals surface area contributed by atoms with Gasteiger partial charge in [0.1, 0.15) is 5.58 Å². The summed E-state index contributed by atoms with van der Waals surface area (Å²) in [5.74, 6) is -0.0513. The van der Waals surface area contributed by atoms with Crippen LogP contribution in [-0.4, -0.2) is 29.6 Å². The summed E-state index contributed by atoms with van der Waals surface area (Å²) in [6.07, 6.45) is 9.88. The molecular formula is C27H34O6S. The summed E-state index contributed by atoms with van der Waals surface area (Å²) in [5.41, 5.74) is 0.694. The molecule has 3 rings (SSSR count). The van der Waals surface area contributed by atoms with Gasteiger partial charge < -0.3 is 13.9 Å². The van der Waals surface area contributed by atoms with E-state index >= 15 is 0 Å². The van der Waals surface area contributed by atoms with Gasteiger partial charge in [-0.2, -0.15) is 0 Å². The predicted molar refractivity (Wildman–Crippen MR) is 136 cm³/mol. The van der Waals surface area contributed by atoms with Crippen LogP contribution in [0.5, 0.6) is 5.75 Å². The highest BCUT2D eigenvalue weighted by Crippen LogP contribution is 2.30. The van der Waals surface area contributed by atoms with Crippen LogP contribution in [0.4, 0.5) is 0 Å². The number of hydrogen-bond donors (Lipinski definition) is 0. The minimum absolute atomic E-state index is 0.278. The molecule has 0 aliphatic rings. The lowest BCUT2D eigenvalue weighted by Crippen LogP contribution is -2.09. The maximum atomic E-state index is 13.4. The van der Waals surface area contributed by atoms with Crippen LogP contribution in [0.15, 0.2) is 44.4 Å². The highest BCUT2D eigenvalue weighted by Gasteiger charge is 2.17. The van der Waals surface area contributed by atoms with Gasteiger partial charge in [0, 0.05) is 28.0 Å². The summed E-state index contributed by atoms with van der Waals surface area (Å²) in [6.45, 7) is 5.09. The second-order valence-electron chi connectivity index (χ2n) is 8.50. The van der Waals surface area contributed by atoms with Gasteiger partial charge in [0.15, 0.2) is 11.3 Å². The molecule has 7 heteroatoms. The smallest absolute Gasteiger partial charge is 0.338 e. The number of benzene rings is 2. The first-order chi connectivity index (χ1) is 16.5. The molecule has 0 bridgehead atoms. The summed E-state index contributed by atoms with van der Waals surface area (Å²) in [7, 11) is -1.30. The van der Waals surface area contributed by atoms with Crippen molar-refractivity contribution >= 4 is 38.7 Å². The highest BCUT2D eigenvalue weighted by molar-refractivity contribution is 7.84. The van der Waals surface area contributed by atoms with Crippen molar-refractivity contribution in [1.29, 1.82) is 0 Å². The first kappa shape index (κ1) is 25.9. The SMILES string of the molecule is CCCCCCCOc1cc(S(C)=O)cc2c(=O)c3cc(C(=O)OCCCCC)ccc3oc12. The van der Waals surface area contributed by atoms with E-state index < -0.39 is 16.8 Å². The van der Waals surface area contributed by atoms with E-state index in [4.69, 9.17) is 13.9 Å². The molecule has 0 aliphatic heterocycles. The molecule has 184 valence electrons. The number of unbranched alkanes of at least 4 members (excludes halogenated alkanes) is 6. The van der Waals surface area contributed by atoms with Crippen molar-refractivity contribution in [2.24, 2.45) is 0 Å². The fraction of sp³-hybridized carbons (Fsp3) is 0.481. The summed E-state index contributed by atoms with van der Waals surface area (Å²) in [4.78, 5) is 26.3. The van der Waals surface area contributed by atoms with Gasteiger partial charge in [-0.3, -0.25) is 9.00 Å². The molecule has 0 fully saturated rings. The van der Waals surface area contributed by atoms with Crippen molar-refractivity contribution in [3.05, 3.63) is 46.1 Å². The van der Waals surface area contributed by atoms with E-state index in [0.29, 0.717) is 40.6 Å². The van der Waals surface area contributed by atoms with E-state index in [1.165, 1.54) is 18.9 Å². The van der Waals surface area contributed by atoms with Gasteiger partial charge in [0.25, 0.3) is 0 Å². The summed E-state index contributed by atoms with van der Waals surface area (Å²) >= 11 is 0. The molecule has 0 spiro atoms. The molecule has 2 aromatic carbocycles. The van der Waals surface area contributed by atoms with Crippen LogP contribution in [0.3, 0.4) is 0 Å². The summed E-state index contributed by atoms with van der Waals surface area (Å²) in [6, 6.07) is 7.98. The Morgan fingerprint density at radius 2 is 1.62 bits per heavy atom. The molecule has 1 atom stereocenters. The predicted octanol–water partition coefficient (Wildman–Crippen LogP) is 6.38. The third kappa shape index (κ3) is 6.47. The molecule has 0 aliphatic carbocycles. The number of hydrogen-bond acceptors (Lipinski definition) is 6. The second kappa shape index (κ2) is 12.7. The maximum Gasteiger partial charge on any atom is 0.338 e. The number of rotatable bonds is 13. The van der Waals surface area contributed by atoms with Gasteiger partial charge in [-0.05, 0) is 37.1 Å². The lowest BCUT2D eigenvalue weighted by Gasteiger charge is -2.11. The normalized spacial score (nSPS) is 12.2. The Kier molecular flexibility index (Phi) is 9.69. The third-order valence-electron chi connectivity index (χ3n) is 5.76. The third-order valence-corrected chi connectivity index (χ3v) is 6.66. The molecule has 1 heterocycles. The minimum atomic E-state index is -1.30. The number of carbonyl (C=O) groups excluding carboxylic acids is 1. The molecule has 0 radical (unpaired) electrons. The zero-order valence-electron chi connectivity index (χ0n) is 20.3. The Bertz CT molecular complexity index is 1210. The Morgan fingerprint density at radius 3 is 2.35 bits per heavy atom. The fourth-order valence-corrected chi connectivity index (χ4v) is 4.35. The van der Waals surface area contributed by atoms with Crippen molar-refractivity contribution in [2.75, 3.05) is 19.5 Å². The van der Waals surface area contributed by atoms with Crippen molar-refractivity contribution in [2.45, 2.75) is 70.1 Å². The highest BCUT2D eigenvalue weighted by atomic mass is 32.2. The quantitative estimate of drug-likeness (QED) is 0.158. The molecule has 0 N–H and O–H groups in total. The van der Waals surface area contributed by atoms with Crippen LogP contribution >= 0.6 is 0 Å². The van der Waals surface area contributed by atoms with Gasteiger partial charge in [-0.1, -0.05) is 52.4 Å². The molecule has 0 amide bonds. The van der Waals surface area contributed by atoms with Gasteiger partial charge in [0.05, 0.1) is 29.5 Å². The molecule has 1 unspecified atom stereocenters. The van der Waals surface area contributed by atoms with Gasteiger partial charge >= 0.3 is 5.97 Å². The van der Waals surface area contributed by atoms with E-state index in [9.17, 15) is 13.8 Å². The van der Waals surface area contributed by atoms with E-state index in [0.717, 1.165) is 38.5 Å². The monoisotopic (exact) mass is 486 g/mol. The van der Waals surface area contributed by atoms with E-state index in [-0.39, 0.29) is 16.2 Å². The van der Waals surface area contributed by atoms with Crippen LogP contribution in [0, 0.1) is 0 Å². The van der Waals surface area contributed by atoms with Gasteiger partial charge in [-0.15, -0.1) is 0 Å². The molecule has 3 aromatic rings.